The number of thiophene rings is 1. The van der Waals surface area contributed by atoms with Crippen molar-refractivity contribution in [3.63, 3.8) is 0 Å². The highest BCUT2D eigenvalue weighted by Crippen LogP contribution is 2.43. The summed E-state index contributed by atoms with van der Waals surface area (Å²) in [6.07, 6.45) is 0.735. The van der Waals surface area contributed by atoms with Crippen LogP contribution in [0.5, 0.6) is 0 Å². The summed E-state index contributed by atoms with van der Waals surface area (Å²) >= 11 is 1.80. The first-order chi connectivity index (χ1) is 24.1. The number of hydrogen-bond donors (Lipinski definition) is 0. The summed E-state index contributed by atoms with van der Waals surface area (Å²) < 4.78 is 8.89. The zero-order chi connectivity index (χ0) is 34.2. The van der Waals surface area contributed by atoms with E-state index in [9.17, 15) is 0 Å². The molecule has 0 aliphatic heterocycles. The van der Waals surface area contributed by atoms with Crippen LogP contribution in [-0.4, -0.2) is 19.9 Å². The van der Waals surface area contributed by atoms with Gasteiger partial charge in [-0.3, -0.25) is 0 Å². The van der Waals surface area contributed by atoms with Crippen LogP contribution in [0.2, 0.25) is 0 Å². The maximum atomic E-state index is 6.49. The van der Waals surface area contributed by atoms with Gasteiger partial charge in [0.15, 0.2) is 17.2 Å². The van der Waals surface area contributed by atoms with Crippen LogP contribution in [0.3, 0.4) is 0 Å². The summed E-state index contributed by atoms with van der Waals surface area (Å²) in [6.45, 7) is 11.2. The summed E-state index contributed by atoms with van der Waals surface area (Å²) in [5.74, 6) is 1.45. The van der Waals surface area contributed by atoms with E-state index in [4.69, 9.17) is 24.4 Å². The normalized spacial score (nSPS) is 12.6. The second-order valence-corrected chi connectivity index (χ2v) is 15.9. The quantitative estimate of drug-likeness (QED) is 0.183. The SMILES string of the molecule is CC(C)(C)c1nc(-c2cccc(CC(C)(C)c3nc(-c4ccccc4)nc4c3oc3ccccc34)c2)nc2c1sc1ccc3ccccc3c12. The second kappa shape index (κ2) is 11.3. The highest BCUT2D eigenvalue weighted by molar-refractivity contribution is 7.26. The van der Waals surface area contributed by atoms with Crippen LogP contribution in [-0.2, 0) is 17.3 Å². The Morgan fingerprint density at radius 2 is 1.28 bits per heavy atom. The first-order valence-corrected chi connectivity index (χ1v) is 17.9. The van der Waals surface area contributed by atoms with E-state index in [1.54, 1.807) is 11.3 Å². The summed E-state index contributed by atoms with van der Waals surface area (Å²) in [5.41, 5.74) is 8.03. The molecule has 9 rings (SSSR count). The Balaban J connectivity index is 1.18. The highest BCUT2D eigenvalue weighted by atomic mass is 32.1. The minimum absolute atomic E-state index is 0.159. The Hall–Kier alpha value is -5.46. The molecule has 0 aliphatic carbocycles. The zero-order valence-electron chi connectivity index (χ0n) is 28.8. The third kappa shape index (κ3) is 5.05. The van der Waals surface area contributed by atoms with Crippen molar-refractivity contribution in [2.45, 2.75) is 51.9 Å². The number of rotatable bonds is 5. The highest BCUT2D eigenvalue weighted by Gasteiger charge is 2.30. The van der Waals surface area contributed by atoms with E-state index in [2.05, 4.69) is 113 Å². The molecule has 5 nitrogen and oxygen atoms in total. The monoisotopic (exact) mass is 668 g/mol. The van der Waals surface area contributed by atoms with Crippen LogP contribution in [0.15, 0.2) is 120 Å². The molecular formula is C44H36N4OS. The lowest BCUT2D eigenvalue weighted by Crippen LogP contribution is -2.23. The number of fused-ring (bicyclic) bond motifs is 8. The molecule has 0 aliphatic rings. The molecular weight excluding hydrogens is 633 g/mol. The molecule has 9 aromatic rings. The molecule has 0 atom stereocenters. The van der Waals surface area contributed by atoms with Crippen LogP contribution in [0.4, 0.5) is 0 Å². The number of aromatic nitrogens is 4. The van der Waals surface area contributed by atoms with Crippen LogP contribution in [0.1, 0.15) is 51.6 Å². The van der Waals surface area contributed by atoms with Crippen molar-refractivity contribution >= 4 is 64.5 Å². The molecule has 50 heavy (non-hydrogen) atoms. The summed E-state index contributed by atoms with van der Waals surface area (Å²) in [5, 5.41) is 4.66. The van der Waals surface area contributed by atoms with Crippen molar-refractivity contribution in [2.24, 2.45) is 0 Å². The van der Waals surface area contributed by atoms with E-state index in [0.717, 1.165) is 67.0 Å². The predicted octanol–water partition coefficient (Wildman–Crippen LogP) is 11.8. The number of furan rings is 1. The first kappa shape index (κ1) is 30.6. The van der Waals surface area contributed by atoms with Gasteiger partial charge in [0.2, 0.25) is 0 Å². The number of para-hydroxylation sites is 1. The third-order valence-electron chi connectivity index (χ3n) is 9.64. The van der Waals surface area contributed by atoms with Crippen molar-refractivity contribution in [1.82, 2.24) is 19.9 Å². The van der Waals surface area contributed by atoms with Crippen LogP contribution >= 0.6 is 11.3 Å². The van der Waals surface area contributed by atoms with Gasteiger partial charge in [-0.05, 0) is 47.0 Å². The van der Waals surface area contributed by atoms with Gasteiger partial charge in [0.25, 0.3) is 0 Å². The van der Waals surface area contributed by atoms with Gasteiger partial charge in [-0.15, -0.1) is 11.3 Å². The molecule has 0 radical (unpaired) electrons. The van der Waals surface area contributed by atoms with Gasteiger partial charge in [0, 0.05) is 37.4 Å². The largest absolute Gasteiger partial charge is 0.452 e. The third-order valence-corrected chi connectivity index (χ3v) is 10.8. The first-order valence-electron chi connectivity index (χ1n) is 17.1. The van der Waals surface area contributed by atoms with Crippen LogP contribution in [0.25, 0.3) is 75.9 Å². The van der Waals surface area contributed by atoms with E-state index in [1.165, 1.54) is 26.4 Å². The minimum atomic E-state index is -0.388. The average Bonchev–Trinajstić information content (AvgIpc) is 3.69. The van der Waals surface area contributed by atoms with Crippen molar-refractivity contribution in [2.75, 3.05) is 0 Å². The second-order valence-electron chi connectivity index (χ2n) is 14.9. The maximum Gasteiger partial charge on any atom is 0.175 e. The van der Waals surface area contributed by atoms with Crippen LogP contribution in [0, 0.1) is 0 Å². The molecule has 5 aromatic carbocycles. The molecule has 0 amide bonds. The maximum absolute atomic E-state index is 6.49. The Kier molecular flexibility index (Phi) is 6.91. The Morgan fingerprint density at radius 1 is 0.600 bits per heavy atom. The molecule has 4 heterocycles. The van der Waals surface area contributed by atoms with Crippen molar-refractivity contribution in [3.05, 3.63) is 132 Å². The number of hydrogen-bond acceptors (Lipinski definition) is 6. The Morgan fingerprint density at radius 3 is 2.10 bits per heavy atom. The number of nitrogens with zero attached hydrogens (tertiary/aromatic N) is 4. The van der Waals surface area contributed by atoms with Crippen molar-refractivity contribution in [1.29, 1.82) is 0 Å². The molecule has 0 bridgehead atoms. The minimum Gasteiger partial charge on any atom is -0.452 e. The van der Waals surface area contributed by atoms with Crippen LogP contribution < -0.4 is 0 Å². The fraction of sp³-hybridized carbons (Fsp3) is 0.182. The fourth-order valence-corrected chi connectivity index (χ4v) is 8.58. The van der Waals surface area contributed by atoms with Gasteiger partial charge in [-0.2, -0.15) is 0 Å². The lowest BCUT2D eigenvalue weighted by atomic mass is 9.81. The number of benzene rings is 5. The zero-order valence-corrected chi connectivity index (χ0v) is 29.6. The Bertz CT molecular complexity index is 2750. The van der Waals surface area contributed by atoms with E-state index in [-0.39, 0.29) is 10.8 Å². The molecule has 0 spiro atoms. The smallest absolute Gasteiger partial charge is 0.175 e. The predicted molar refractivity (Wildman–Crippen MR) is 208 cm³/mol. The summed E-state index contributed by atoms with van der Waals surface area (Å²) in [6, 6.07) is 40.0. The van der Waals surface area contributed by atoms with Gasteiger partial charge in [0.1, 0.15) is 11.1 Å². The summed E-state index contributed by atoms with van der Waals surface area (Å²) in [7, 11) is 0. The van der Waals surface area contributed by atoms with Gasteiger partial charge in [-0.25, -0.2) is 19.9 Å². The van der Waals surface area contributed by atoms with Gasteiger partial charge < -0.3 is 4.42 Å². The van der Waals surface area contributed by atoms with Gasteiger partial charge in [-0.1, -0.05) is 126 Å². The average molecular weight is 669 g/mol. The Labute approximate surface area is 294 Å². The molecule has 0 N–H and O–H groups in total. The van der Waals surface area contributed by atoms with E-state index in [1.807, 2.05) is 36.4 Å². The van der Waals surface area contributed by atoms with Crippen molar-refractivity contribution < 1.29 is 4.42 Å². The fourth-order valence-electron chi connectivity index (χ4n) is 7.23. The summed E-state index contributed by atoms with van der Waals surface area (Å²) in [4.78, 5) is 20.9. The van der Waals surface area contributed by atoms with E-state index >= 15 is 0 Å². The van der Waals surface area contributed by atoms with E-state index < -0.39 is 0 Å². The molecule has 0 saturated carbocycles. The molecule has 244 valence electrons. The topological polar surface area (TPSA) is 64.7 Å². The molecule has 0 saturated heterocycles. The van der Waals surface area contributed by atoms with Crippen molar-refractivity contribution in [3.8, 4) is 22.8 Å². The molecule has 0 fully saturated rings. The standard InChI is InChI=1S/C44H36N4OS/c1-43(2,3)40-38-36(34-30-19-10-9-15-27(30)22-23-33(34)50-38)46-42(48-40)29-18-13-14-26(24-29)25-44(4,5)39-37-35(31-20-11-12-21-32(31)49-37)45-41(47-39)28-16-7-6-8-17-28/h6-24H,25H2,1-5H3. The van der Waals surface area contributed by atoms with E-state index in [0.29, 0.717) is 5.82 Å². The molecule has 6 heteroatoms. The van der Waals surface area contributed by atoms with Gasteiger partial charge in [0.05, 0.1) is 21.6 Å². The lowest BCUT2D eigenvalue weighted by molar-refractivity contribution is 0.498. The molecule has 4 aromatic heterocycles. The lowest BCUT2D eigenvalue weighted by Gasteiger charge is -2.25. The molecule has 0 unspecified atom stereocenters. The van der Waals surface area contributed by atoms with Gasteiger partial charge >= 0.3 is 0 Å².